The number of nitrogens with zero attached hydrogens (tertiary/aromatic N) is 3. The van der Waals surface area contributed by atoms with E-state index in [0.29, 0.717) is 11.3 Å². The SMILES string of the molecule is Cc1c(C(N)=O)ccn1C1C=CC(c2noc(C(F)(F)F)n2)=CC1=S=O. The molecule has 1 aliphatic rings. The van der Waals surface area contributed by atoms with Crippen LogP contribution in [0.25, 0.3) is 5.57 Å². The zero-order valence-corrected chi connectivity index (χ0v) is 14.0. The van der Waals surface area contributed by atoms with E-state index in [4.69, 9.17) is 5.73 Å². The van der Waals surface area contributed by atoms with Crippen LogP contribution < -0.4 is 5.73 Å². The maximum Gasteiger partial charge on any atom is 0.471 e. The molecule has 11 heteroatoms. The van der Waals surface area contributed by atoms with Crippen molar-refractivity contribution in [2.75, 3.05) is 0 Å². The molecule has 2 aromatic heterocycles. The minimum atomic E-state index is -4.75. The number of hydrogen-bond donors (Lipinski definition) is 1. The van der Waals surface area contributed by atoms with E-state index < -0.39 is 24.0 Å². The molecule has 1 amide bonds. The highest BCUT2D eigenvalue weighted by Gasteiger charge is 2.38. The van der Waals surface area contributed by atoms with Gasteiger partial charge in [0.2, 0.25) is 5.82 Å². The van der Waals surface area contributed by atoms with Crippen LogP contribution in [0.2, 0.25) is 0 Å². The third kappa shape index (κ3) is 3.12. The van der Waals surface area contributed by atoms with Crippen LogP contribution in [0.4, 0.5) is 13.2 Å². The summed E-state index contributed by atoms with van der Waals surface area (Å²) in [5.41, 5.74) is 6.37. The molecule has 0 aromatic carbocycles. The van der Waals surface area contributed by atoms with Gasteiger partial charge in [-0.25, -0.2) is 4.21 Å². The molecule has 0 saturated heterocycles. The second kappa shape index (κ2) is 6.41. The summed E-state index contributed by atoms with van der Waals surface area (Å²) < 4.78 is 55.1. The molecule has 2 N–H and O–H groups in total. The van der Waals surface area contributed by atoms with Crippen molar-refractivity contribution in [2.24, 2.45) is 5.73 Å². The Kier molecular flexibility index (Phi) is 4.40. The molecule has 7 nitrogen and oxygen atoms in total. The zero-order chi connectivity index (χ0) is 19.1. The molecule has 0 aliphatic heterocycles. The van der Waals surface area contributed by atoms with Crippen LogP contribution in [-0.2, 0) is 17.4 Å². The van der Waals surface area contributed by atoms with Crippen LogP contribution in [0, 0.1) is 6.92 Å². The summed E-state index contributed by atoms with van der Waals surface area (Å²) in [4.78, 5) is 15.0. The summed E-state index contributed by atoms with van der Waals surface area (Å²) in [6.07, 6.45) is 1.32. The number of hydrogen-bond acceptors (Lipinski definition) is 5. The van der Waals surface area contributed by atoms with E-state index in [1.807, 2.05) is 0 Å². The predicted molar refractivity (Wildman–Crippen MR) is 86.3 cm³/mol. The third-order valence-corrected chi connectivity index (χ3v) is 4.37. The first kappa shape index (κ1) is 17.9. The zero-order valence-electron chi connectivity index (χ0n) is 13.1. The quantitative estimate of drug-likeness (QED) is 0.814. The number of halogens is 3. The summed E-state index contributed by atoms with van der Waals surface area (Å²) in [6.45, 7) is 1.68. The van der Waals surface area contributed by atoms with Crippen LogP contribution >= 0.6 is 0 Å². The maximum absolute atomic E-state index is 12.6. The first-order chi connectivity index (χ1) is 12.2. The van der Waals surface area contributed by atoms with Gasteiger partial charge in [-0.2, -0.15) is 18.2 Å². The lowest BCUT2D eigenvalue weighted by Crippen LogP contribution is -2.20. The smallest absolute Gasteiger partial charge is 0.366 e. The number of primary amides is 1. The van der Waals surface area contributed by atoms with Crippen molar-refractivity contribution < 1.29 is 26.7 Å². The summed E-state index contributed by atoms with van der Waals surface area (Å²) in [5.74, 6) is -2.34. The third-order valence-electron chi connectivity index (χ3n) is 3.81. The normalized spacial score (nSPS) is 17.3. The van der Waals surface area contributed by atoms with Crippen molar-refractivity contribution in [3.05, 3.63) is 53.5 Å². The molecule has 0 radical (unpaired) electrons. The van der Waals surface area contributed by atoms with E-state index in [-0.39, 0.29) is 27.5 Å². The van der Waals surface area contributed by atoms with Crippen LogP contribution in [-0.4, -0.2) is 29.7 Å². The standard InChI is InChI=1S/C15H11F3N4O3S/c1-7-9(12(19)23)4-5-22(7)10-3-2-8(6-11(10)26-24)13-20-14(25-21-13)15(16,17)18/h2-6,10H,1H3,(H2,19,23). The molecule has 1 atom stereocenters. The molecule has 3 rings (SSSR count). The minimum Gasteiger partial charge on any atom is -0.366 e. The van der Waals surface area contributed by atoms with E-state index in [0.717, 1.165) is 0 Å². The van der Waals surface area contributed by atoms with Crippen LogP contribution in [0.3, 0.4) is 0 Å². The van der Waals surface area contributed by atoms with Crippen molar-refractivity contribution in [2.45, 2.75) is 19.1 Å². The van der Waals surface area contributed by atoms with Gasteiger partial charge in [-0.1, -0.05) is 17.3 Å². The number of carbonyl (C=O) groups is 1. The first-order valence-electron chi connectivity index (χ1n) is 7.17. The number of allylic oxidation sites excluding steroid dienone is 4. The Bertz CT molecular complexity index is 996. The van der Waals surface area contributed by atoms with E-state index in [1.54, 1.807) is 23.8 Å². The van der Waals surface area contributed by atoms with Crippen LogP contribution in [0.1, 0.15) is 33.8 Å². The molecule has 0 fully saturated rings. The van der Waals surface area contributed by atoms with E-state index in [1.165, 1.54) is 18.2 Å². The summed E-state index contributed by atoms with van der Waals surface area (Å²) >= 11 is 0.179. The van der Waals surface area contributed by atoms with Gasteiger partial charge in [-0.3, -0.25) is 4.79 Å². The average molecular weight is 384 g/mol. The summed E-state index contributed by atoms with van der Waals surface area (Å²) in [7, 11) is 0. The molecule has 2 aromatic rings. The van der Waals surface area contributed by atoms with Crippen molar-refractivity contribution >= 4 is 27.6 Å². The fourth-order valence-corrected chi connectivity index (χ4v) is 3.03. The Hall–Kier alpha value is -2.95. The highest BCUT2D eigenvalue weighted by Crippen LogP contribution is 2.30. The largest absolute Gasteiger partial charge is 0.471 e. The number of nitrogens with two attached hydrogens (primary N) is 1. The Morgan fingerprint density at radius 3 is 2.69 bits per heavy atom. The number of rotatable bonds is 3. The van der Waals surface area contributed by atoms with Crippen molar-refractivity contribution in [3.63, 3.8) is 0 Å². The molecule has 0 saturated carbocycles. The van der Waals surface area contributed by atoms with Gasteiger partial charge in [0.15, 0.2) is 0 Å². The number of amides is 1. The summed E-state index contributed by atoms with van der Waals surface area (Å²) in [5, 5.41) is 3.30. The topological polar surface area (TPSA) is 104 Å². The second-order valence-electron chi connectivity index (χ2n) is 5.40. The lowest BCUT2D eigenvalue weighted by molar-refractivity contribution is -0.159. The summed E-state index contributed by atoms with van der Waals surface area (Å²) in [6, 6.07) is 1.01. The molecular weight excluding hydrogens is 373 g/mol. The minimum absolute atomic E-state index is 0.179. The van der Waals surface area contributed by atoms with Gasteiger partial charge in [0.25, 0.3) is 5.91 Å². The Balaban J connectivity index is 1.95. The maximum atomic E-state index is 12.6. The number of aromatic nitrogens is 3. The van der Waals surface area contributed by atoms with Crippen LogP contribution in [0.5, 0.6) is 0 Å². The van der Waals surface area contributed by atoms with E-state index in [2.05, 4.69) is 14.7 Å². The lowest BCUT2D eigenvalue weighted by atomic mass is 10.0. The van der Waals surface area contributed by atoms with Crippen molar-refractivity contribution in [1.29, 1.82) is 0 Å². The van der Waals surface area contributed by atoms with Gasteiger partial charge < -0.3 is 14.8 Å². The molecule has 2 heterocycles. The fourth-order valence-electron chi connectivity index (χ4n) is 2.56. The monoisotopic (exact) mass is 384 g/mol. The predicted octanol–water partition coefficient (Wildman–Crippen LogP) is 1.88. The van der Waals surface area contributed by atoms with Crippen molar-refractivity contribution in [1.82, 2.24) is 14.7 Å². The fraction of sp³-hybridized carbons (Fsp3) is 0.200. The highest BCUT2D eigenvalue weighted by atomic mass is 32.1. The second-order valence-corrected chi connectivity index (χ2v) is 6.03. The molecule has 26 heavy (non-hydrogen) atoms. The molecule has 1 unspecified atom stereocenters. The Morgan fingerprint density at radius 1 is 1.42 bits per heavy atom. The molecule has 0 bridgehead atoms. The molecule has 0 spiro atoms. The van der Waals surface area contributed by atoms with Crippen molar-refractivity contribution in [3.8, 4) is 0 Å². The van der Waals surface area contributed by atoms with E-state index in [9.17, 15) is 22.2 Å². The van der Waals surface area contributed by atoms with Gasteiger partial charge >= 0.3 is 12.1 Å². The highest BCUT2D eigenvalue weighted by molar-refractivity contribution is 7.67. The first-order valence-corrected chi connectivity index (χ1v) is 7.91. The van der Waals surface area contributed by atoms with Gasteiger partial charge in [0.1, 0.15) is 0 Å². The van der Waals surface area contributed by atoms with Gasteiger partial charge in [-0.05, 0) is 19.1 Å². The average Bonchev–Trinajstić information content (AvgIpc) is 3.21. The van der Waals surface area contributed by atoms with E-state index >= 15 is 0 Å². The molecular formula is C15H11F3N4O3S. The van der Waals surface area contributed by atoms with Gasteiger partial charge in [0.05, 0.1) is 27.7 Å². The van der Waals surface area contributed by atoms with Crippen LogP contribution in [0.15, 0.2) is 35.0 Å². The molecule has 136 valence electrons. The number of alkyl halides is 3. The number of carbonyl (C=O) groups excluding carboxylic acids is 1. The lowest BCUT2D eigenvalue weighted by Gasteiger charge is -2.20. The van der Waals surface area contributed by atoms with Gasteiger partial charge in [0, 0.05) is 17.5 Å². The van der Waals surface area contributed by atoms with Gasteiger partial charge in [-0.15, -0.1) is 0 Å². The Labute approximate surface area is 148 Å². The molecule has 1 aliphatic carbocycles. The Morgan fingerprint density at radius 2 is 2.15 bits per heavy atom.